The second-order valence-electron chi connectivity index (χ2n) is 4.57. The minimum absolute atomic E-state index is 0.0216. The average Bonchev–Trinajstić information content (AvgIpc) is 2.10. The number of hydrogen-bond acceptors (Lipinski definition) is 3. The van der Waals surface area contributed by atoms with Crippen LogP contribution < -0.4 is 21.7 Å². The van der Waals surface area contributed by atoms with Crippen LogP contribution in [0.3, 0.4) is 0 Å². The number of carbonyl (C=O) groups is 2. The summed E-state index contributed by atoms with van der Waals surface area (Å²) in [4.78, 5) is 21.6. The van der Waals surface area contributed by atoms with Gasteiger partial charge in [-0.25, -0.2) is 4.79 Å². The van der Waals surface area contributed by atoms with Crippen LogP contribution in [0.2, 0.25) is 0 Å². The number of carbonyl (C=O) groups excluding carboxylic acids is 2. The summed E-state index contributed by atoms with van der Waals surface area (Å²) in [5.41, 5.74) is 4.89. The third kappa shape index (κ3) is 10.8. The molecule has 0 saturated carbocycles. The second-order valence-corrected chi connectivity index (χ2v) is 4.57. The van der Waals surface area contributed by atoms with Crippen molar-refractivity contribution in [3.8, 4) is 0 Å². The van der Waals surface area contributed by atoms with E-state index >= 15 is 0 Å². The van der Waals surface area contributed by atoms with Gasteiger partial charge in [0.05, 0.1) is 0 Å². The zero-order chi connectivity index (χ0) is 12.6. The fourth-order valence-electron chi connectivity index (χ4n) is 1.03. The van der Waals surface area contributed by atoms with Gasteiger partial charge < -0.3 is 21.7 Å². The zero-order valence-corrected chi connectivity index (χ0v) is 10.2. The highest BCUT2D eigenvalue weighted by Crippen LogP contribution is 1.97. The van der Waals surface area contributed by atoms with Gasteiger partial charge in [-0.2, -0.15) is 0 Å². The van der Waals surface area contributed by atoms with Crippen LogP contribution in [0.5, 0.6) is 0 Å². The lowest BCUT2D eigenvalue weighted by atomic mass is 10.1. The molecule has 0 fully saturated rings. The first-order chi connectivity index (χ1) is 7.31. The van der Waals surface area contributed by atoms with E-state index in [1.807, 2.05) is 20.8 Å². The molecule has 0 aliphatic carbocycles. The lowest BCUT2D eigenvalue weighted by molar-refractivity contribution is -0.121. The van der Waals surface area contributed by atoms with Crippen LogP contribution in [0.25, 0.3) is 0 Å². The van der Waals surface area contributed by atoms with Gasteiger partial charge in [0.25, 0.3) is 0 Å². The average molecular weight is 230 g/mol. The molecule has 0 atom stereocenters. The molecule has 0 heterocycles. The van der Waals surface area contributed by atoms with Crippen LogP contribution in [0.15, 0.2) is 0 Å². The van der Waals surface area contributed by atoms with Gasteiger partial charge in [0.2, 0.25) is 5.91 Å². The summed E-state index contributed by atoms with van der Waals surface area (Å²) in [5.74, 6) is -0.0389. The predicted molar refractivity (Wildman–Crippen MR) is 63.0 cm³/mol. The minimum atomic E-state index is -0.580. The summed E-state index contributed by atoms with van der Waals surface area (Å²) in [5, 5.41) is 8.28. The molecule has 6 nitrogen and oxygen atoms in total. The fraction of sp³-hybridized carbons (Fsp3) is 0.800. The lowest BCUT2D eigenvalue weighted by Gasteiger charge is -2.20. The van der Waals surface area contributed by atoms with Gasteiger partial charge in [-0.1, -0.05) is 0 Å². The lowest BCUT2D eigenvalue weighted by Crippen LogP contribution is -2.40. The molecular weight excluding hydrogens is 208 g/mol. The third-order valence-corrected chi connectivity index (χ3v) is 1.75. The molecule has 94 valence electrons. The summed E-state index contributed by atoms with van der Waals surface area (Å²) in [7, 11) is 0. The molecule has 0 radical (unpaired) electrons. The van der Waals surface area contributed by atoms with E-state index in [4.69, 9.17) is 5.73 Å². The maximum Gasteiger partial charge on any atom is 0.312 e. The Morgan fingerprint density at radius 1 is 1.06 bits per heavy atom. The molecule has 0 aromatic carbocycles. The van der Waals surface area contributed by atoms with E-state index in [1.165, 1.54) is 0 Å². The first-order valence-corrected chi connectivity index (χ1v) is 5.36. The number of nitrogens with two attached hydrogens (primary N) is 1. The summed E-state index contributed by atoms with van der Waals surface area (Å²) < 4.78 is 0. The van der Waals surface area contributed by atoms with Gasteiger partial charge in [-0.05, 0) is 20.8 Å². The fourth-order valence-corrected chi connectivity index (χ4v) is 1.03. The smallest absolute Gasteiger partial charge is 0.312 e. The van der Waals surface area contributed by atoms with Crippen molar-refractivity contribution in [3.05, 3.63) is 0 Å². The molecule has 0 aliphatic rings. The summed E-state index contributed by atoms with van der Waals surface area (Å²) >= 11 is 0. The van der Waals surface area contributed by atoms with Crippen molar-refractivity contribution in [2.75, 3.05) is 19.6 Å². The van der Waals surface area contributed by atoms with Gasteiger partial charge in [0.1, 0.15) is 0 Å². The highest BCUT2D eigenvalue weighted by atomic mass is 16.2. The molecule has 0 saturated heterocycles. The quantitative estimate of drug-likeness (QED) is 0.465. The summed E-state index contributed by atoms with van der Waals surface area (Å²) in [6.07, 6.45) is 0.424. The van der Waals surface area contributed by atoms with Crippen LogP contribution in [0.1, 0.15) is 27.2 Å². The van der Waals surface area contributed by atoms with Gasteiger partial charge in [-0.15, -0.1) is 0 Å². The maximum atomic E-state index is 11.3. The number of nitrogens with one attached hydrogen (secondary N) is 3. The largest absolute Gasteiger partial charge is 0.354 e. The number of amides is 3. The molecule has 0 spiro atoms. The Morgan fingerprint density at radius 2 is 1.62 bits per heavy atom. The molecule has 0 rings (SSSR count). The topological polar surface area (TPSA) is 96.2 Å². The Morgan fingerprint density at radius 3 is 2.12 bits per heavy atom. The molecule has 5 N–H and O–H groups in total. The molecule has 0 aromatic rings. The standard InChI is InChI=1S/C10H22N4O2/c1-10(2,3)14-5-4-8(15)12-6-7-13-9(11)16/h14H,4-7H2,1-3H3,(H,12,15)(H3,11,13,16). The molecule has 0 unspecified atom stereocenters. The van der Waals surface area contributed by atoms with Crippen LogP contribution in [-0.2, 0) is 4.79 Å². The Bertz CT molecular complexity index is 235. The predicted octanol–water partition coefficient (Wildman–Crippen LogP) is -0.451. The van der Waals surface area contributed by atoms with Crippen molar-refractivity contribution in [2.24, 2.45) is 5.73 Å². The van der Waals surface area contributed by atoms with E-state index in [-0.39, 0.29) is 11.4 Å². The second kappa shape index (κ2) is 7.05. The molecular formula is C10H22N4O2. The molecule has 16 heavy (non-hydrogen) atoms. The monoisotopic (exact) mass is 230 g/mol. The van der Waals surface area contributed by atoms with Gasteiger partial charge in [0.15, 0.2) is 0 Å². The van der Waals surface area contributed by atoms with Crippen molar-refractivity contribution in [2.45, 2.75) is 32.7 Å². The Labute approximate surface area is 96.3 Å². The van der Waals surface area contributed by atoms with Gasteiger partial charge in [0, 0.05) is 31.6 Å². The highest BCUT2D eigenvalue weighted by molar-refractivity contribution is 5.76. The molecule has 6 heteroatoms. The number of primary amides is 1. The molecule has 3 amide bonds. The Hall–Kier alpha value is -1.30. The van der Waals surface area contributed by atoms with Gasteiger partial charge >= 0.3 is 6.03 Å². The van der Waals surface area contributed by atoms with E-state index in [1.54, 1.807) is 0 Å². The normalized spacial score (nSPS) is 10.9. The first-order valence-electron chi connectivity index (χ1n) is 5.36. The van der Waals surface area contributed by atoms with Crippen LogP contribution in [0, 0.1) is 0 Å². The number of urea groups is 1. The van der Waals surface area contributed by atoms with Crippen LogP contribution in [0.4, 0.5) is 4.79 Å². The van der Waals surface area contributed by atoms with E-state index in [0.717, 1.165) is 0 Å². The number of rotatable bonds is 6. The summed E-state index contributed by atoms with van der Waals surface area (Å²) in [6, 6.07) is -0.580. The minimum Gasteiger partial charge on any atom is -0.354 e. The Kier molecular flexibility index (Phi) is 6.48. The van der Waals surface area contributed by atoms with Crippen molar-refractivity contribution < 1.29 is 9.59 Å². The highest BCUT2D eigenvalue weighted by Gasteiger charge is 2.09. The van der Waals surface area contributed by atoms with Crippen LogP contribution >= 0.6 is 0 Å². The molecule has 0 aliphatic heterocycles. The SMILES string of the molecule is CC(C)(C)NCCC(=O)NCCNC(N)=O. The van der Waals surface area contributed by atoms with E-state index < -0.39 is 6.03 Å². The van der Waals surface area contributed by atoms with Crippen molar-refractivity contribution in [3.63, 3.8) is 0 Å². The van der Waals surface area contributed by atoms with Gasteiger partial charge in [-0.3, -0.25) is 4.79 Å². The number of hydrogen-bond donors (Lipinski definition) is 4. The third-order valence-electron chi connectivity index (χ3n) is 1.75. The van der Waals surface area contributed by atoms with Crippen molar-refractivity contribution in [1.82, 2.24) is 16.0 Å². The first kappa shape index (κ1) is 14.7. The van der Waals surface area contributed by atoms with E-state index in [0.29, 0.717) is 26.1 Å². The van der Waals surface area contributed by atoms with Crippen LogP contribution in [-0.4, -0.2) is 37.1 Å². The van der Waals surface area contributed by atoms with Crippen molar-refractivity contribution >= 4 is 11.9 Å². The zero-order valence-electron chi connectivity index (χ0n) is 10.2. The van der Waals surface area contributed by atoms with Crippen molar-refractivity contribution in [1.29, 1.82) is 0 Å². The summed E-state index contributed by atoms with van der Waals surface area (Å²) in [6.45, 7) is 7.52. The molecule has 0 bridgehead atoms. The van der Waals surface area contributed by atoms with E-state index in [9.17, 15) is 9.59 Å². The maximum absolute atomic E-state index is 11.3. The van der Waals surface area contributed by atoms with E-state index in [2.05, 4.69) is 16.0 Å². The Balaban J connectivity index is 3.42. The molecule has 0 aromatic heterocycles.